The number of nitrogens with two attached hydrogens (primary N) is 5. The SMILES string of the molecule is NC(N)=NCCC[C@@H](N)C(=O)N[C@H](CCCN=C(N)N)C(=O)N1CCC[C@@H]1C(=O)N[C@H](Cc1ccccc1)C(=O)N[C@H](Cc1ccccc1)C(=O)N[C@H](Cc1ccc([125I])cc1)C(=O)O. The predicted molar refractivity (Wildman–Crippen MR) is 251 cm³/mol. The molecule has 64 heavy (non-hydrogen) atoms. The van der Waals surface area contributed by atoms with Crippen LogP contribution in [0, 0.1) is 3.57 Å². The number of carboxylic acids is 1. The highest BCUT2D eigenvalue weighted by Crippen LogP contribution is 2.21. The molecule has 6 atom stereocenters. The third-order valence-electron chi connectivity index (χ3n) is 10.5. The zero-order valence-corrected chi connectivity index (χ0v) is 37.7. The minimum absolute atomic E-state index is 0.00159. The molecule has 4 rings (SSSR count). The molecule has 0 unspecified atom stereocenters. The Morgan fingerprint density at radius 2 is 1.11 bits per heavy atom. The van der Waals surface area contributed by atoms with E-state index in [-0.39, 0.29) is 70.1 Å². The van der Waals surface area contributed by atoms with Crippen molar-refractivity contribution in [3.63, 3.8) is 0 Å². The van der Waals surface area contributed by atoms with Crippen LogP contribution < -0.4 is 49.9 Å². The van der Waals surface area contributed by atoms with Crippen LogP contribution in [0.5, 0.6) is 0 Å². The van der Waals surface area contributed by atoms with E-state index in [1.54, 1.807) is 72.8 Å². The van der Waals surface area contributed by atoms with Crippen LogP contribution in [-0.2, 0) is 48.0 Å². The second-order valence-corrected chi connectivity index (χ2v) is 16.7. The van der Waals surface area contributed by atoms with E-state index in [9.17, 15) is 33.9 Å². The molecule has 20 heteroatoms. The molecular weight excluding hydrogens is 933 g/mol. The Hall–Kier alpha value is -6.29. The summed E-state index contributed by atoms with van der Waals surface area (Å²) in [5, 5.41) is 21.1. The quantitative estimate of drug-likeness (QED) is 0.0241. The van der Waals surface area contributed by atoms with Gasteiger partial charge in [0.05, 0.1) is 6.04 Å². The molecule has 0 aliphatic carbocycles. The number of benzene rings is 3. The van der Waals surface area contributed by atoms with Crippen LogP contribution >= 0.6 is 22.6 Å². The maximum atomic E-state index is 14.4. The van der Waals surface area contributed by atoms with E-state index >= 15 is 0 Å². The number of carboxylic acid groups (broad SMARTS) is 1. The maximum Gasteiger partial charge on any atom is 0.326 e. The van der Waals surface area contributed by atoms with Gasteiger partial charge in [0.1, 0.15) is 30.2 Å². The Balaban J connectivity index is 1.55. The van der Waals surface area contributed by atoms with Gasteiger partial charge in [-0.05, 0) is 89.9 Å². The van der Waals surface area contributed by atoms with E-state index in [0.29, 0.717) is 36.0 Å². The number of hydrogen-bond donors (Lipinski definition) is 10. The highest BCUT2D eigenvalue weighted by Gasteiger charge is 2.39. The van der Waals surface area contributed by atoms with E-state index in [0.717, 1.165) is 3.57 Å². The molecule has 0 saturated carbocycles. The largest absolute Gasteiger partial charge is 0.480 e. The summed E-state index contributed by atoms with van der Waals surface area (Å²) in [6, 6.07) is 18.3. The predicted octanol–water partition coefficient (Wildman–Crippen LogP) is -0.232. The number of amides is 5. The van der Waals surface area contributed by atoms with Gasteiger partial charge in [0, 0.05) is 42.5 Å². The Labute approximate surface area is 386 Å². The fraction of sp³-hybridized carbons (Fsp3) is 0.409. The third-order valence-corrected chi connectivity index (χ3v) is 11.2. The van der Waals surface area contributed by atoms with Gasteiger partial charge in [0.2, 0.25) is 29.5 Å². The zero-order valence-electron chi connectivity index (χ0n) is 35.5. The smallest absolute Gasteiger partial charge is 0.326 e. The molecular formula is C44H59IN12O7. The summed E-state index contributed by atoms with van der Waals surface area (Å²) in [6.45, 7) is 0.640. The van der Waals surface area contributed by atoms with E-state index in [1.807, 2.05) is 12.1 Å². The van der Waals surface area contributed by atoms with Gasteiger partial charge in [0.25, 0.3) is 0 Å². The molecule has 0 bridgehead atoms. The summed E-state index contributed by atoms with van der Waals surface area (Å²) in [7, 11) is 0. The molecule has 5 amide bonds. The summed E-state index contributed by atoms with van der Waals surface area (Å²) in [6.07, 6.45) is 1.86. The van der Waals surface area contributed by atoms with E-state index in [2.05, 4.69) is 53.8 Å². The van der Waals surface area contributed by atoms with Crippen LogP contribution in [0.15, 0.2) is 94.9 Å². The number of carbonyl (C=O) groups excluding carboxylic acids is 5. The molecule has 0 aromatic heterocycles. The Kier molecular flexibility index (Phi) is 20.2. The number of nitrogens with zero attached hydrogens (tertiary/aromatic N) is 3. The van der Waals surface area contributed by atoms with E-state index < -0.39 is 71.8 Å². The highest BCUT2D eigenvalue weighted by atomic mass is 125. The number of aliphatic imine (C=N–C) groups is 2. The van der Waals surface area contributed by atoms with Crippen LogP contribution in [0.1, 0.15) is 55.2 Å². The molecule has 1 fully saturated rings. The number of rotatable bonds is 24. The summed E-state index contributed by atoms with van der Waals surface area (Å²) in [4.78, 5) is 91.8. The van der Waals surface area contributed by atoms with Crippen molar-refractivity contribution in [2.45, 2.75) is 94.0 Å². The second kappa shape index (κ2) is 25.7. The Bertz CT molecular complexity index is 2080. The zero-order chi connectivity index (χ0) is 46.6. The fourth-order valence-corrected chi connectivity index (χ4v) is 7.54. The lowest BCUT2D eigenvalue weighted by Gasteiger charge is -2.30. The number of likely N-dealkylation sites (tertiary alicyclic amines) is 1. The van der Waals surface area contributed by atoms with Crippen LogP contribution in [-0.4, -0.2) is 113 Å². The van der Waals surface area contributed by atoms with Crippen molar-refractivity contribution in [3.05, 3.63) is 105 Å². The molecule has 19 nitrogen and oxygen atoms in total. The lowest BCUT2D eigenvalue weighted by atomic mass is 10.0. The van der Waals surface area contributed by atoms with Crippen molar-refractivity contribution in [3.8, 4) is 0 Å². The Morgan fingerprint density at radius 3 is 1.64 bits per heavy atom. The molecule has 3 aromatic rings. The minimum Gasteiger partial charge on any atom is -0.480 e. The van der Waals surface area contributed by atoms with Crippen molar-refractivity contribution in [2.24, 2.45) is 38.7 Å². The number of halogens is 1. The van der Waals surface area contributed by atoms with Crippen LogP contribution in [0.2, 0.25) is 0 Å². The minimum atomic E-state index is -1.31. The lowest BCUT2D eigenvalue weighted by Crippen LogP contribution is -2.59. The van der Waals surface area contributed by atoms with Gasteiger partial charge in [-0.1, -0.05) is 72.8 Å². The van der Waals surface area contributed by atoms with Crippen molar-refractivity contribution < 1.29 is 33.9 Å². The molecule has 1 heterocycles. The van der Waals surface area contributed by atoms with Crippen molar-refractivity contribution in [1.82, 2.24) is 26.2 Å². The van der Waals surface area contributed by atoms with Crippen molar-refractivity contribution in [2.75, 3.05) is 19.6 Å². The first-order valence-corrected chi connectivity index (χ1v) is 22.1. The fourth-order valence-electron chi connectivity index (χ4n) is 7.18. The topological polar surface area (TPSA) is 329 Å². The highest BCUT2D eigenvalue weighted by molar-refractivity contribution is 14.1. The standard InChI is InChI=1S/C44H59IN12O7/c45-30-19-17-29(18-20-30)26-35(42(63)64)56-39(60)33(24-27-10-3-1-4-11-27)54-38(59)34(25-28-12-5-2-6-13-28)55-40(61)36-16-9-23-57(36)41(62)32(15-8-22-52-44(49)50)53-37(58)31(46)14-7-21-51-43(47)48/h1-6,10-13,17-20,31-36H,7-9,14-16,21-26,46H2,(H,53,58)(H,54,59)(H,55,61)(H,56,60)(H,63,64)(H4,47,48,51)(H4,49,50,52)/t31-,32-,33-,34-,35-,36-/m1/s1/i45-2. The third kappa shape index (κ3) is 16.8. The molecule has 1 aliphatic heterocycles. The van der Waals surface area contributed by atoms with Crippen LogP contribution in [0.3, 0.4) is 0 Å². The van der Waals surface area contributed by atoms with Gasteiger partial charge in [-0.25, -0.2) is 4.79 Å². The molecule has 1 saturated heterocycles. The summed E-state index contributed by atoms with van der Waals surface area (Å²) >= 11 is 2.14. The van der Waals surface area contributed by atoms with Gasteiger partial charge in [-0.2, -0.15) is 0 Å². The van der Waals surface area contributed by atoms with Crippen LogP contribution in [0.4, 0.5) is 0 Å². The normalized spacial score (nSPS) is 15.6. The number of carbonyl (C=O) groups is 6. The molecule has 1 aliphatic rings. The van der Waals surface area contributed by atoms with E-state index in [4.69, 9.17) is 28.7 Å². The first-order chi connectivity index (χ1) is 30.6. The first-order valence-electron chi connectivity index (χ1n) is 21.0. The van der Waals surface area contributed by atoms with Gasteiger partial charge in [0.15, 0.2) is 11.9 Å². The number of hydrogen-bond acceptors (Lipinski definition) is 9. The van der Waals surface area contributed by atoms with Gasteiger partial charge in [-0.15, -0.1) is 0 Å². The number of guanidine groups is 2. The average molecular weight is 993 g/mol. The van der Waals surface area contributed by atoms with Crippen molar-refractivity contribution >= 4 is 70.0 Å². The van der Waals surface area contributed by atoms with Gasteiger partial charge >= 0.3 is 5.97 Å². The Morgan fingerprint density at radius 1 is 0.641 bits per heavy atom. The van der Waals surface area contributed by atoms with Gasteiger partial charge < -0.3 is 59.9 Å². The molecule has 0 spiro atoms. The molecule has 0 radical (unpaired) electrons. The van der Waals surface area contributed by atoms with Gasteiger partial charge in [-0.3, -0.25) is 34.0 Å². The van der Waals surface area contributed by atoms with E-state index in [1.165, 1.54) is 4.90 Å². The summed E-state index contributed by atoms with van der Waals surface area (Å²) in [5.74, 6) is -4.61. The van der Waals surface area contributed by atoms with Crippen molar-refractivity contribution in [1.29, 1.82) is 0 Å². The summed E-state index contributed by atoms with van der Waals surface area (Å²) < 4.78 is 0.964. The molecule has 344 valence electrons. The molecule has 15 N–H and O–H groups in total. The number of nitrogens with one attached hydrogen (secondary N) is 4. The first kappa shape index (κ1) is 50.4. The monoisotopic (exact) mass is 992 g/mol. The second-order valence-electron chi connectivity index (χ2n) is 15.5. The maximum absolute atomic E-state index is 14.4. The molecule has 3 aromatic carbocycles. The van der Waals surface area contributed by atoms with Crippen LogP contribution in [0.25, 0.3) is 0 Å². The number of aliphatic carboxylic acids is 1. The lowest BCUT2D eigenvalue weighted by molar-refractivity contribution is -0.143. The average Bonchev–Trinajstić information content (AvgIpc) is 3.77. The summed E-state index contributed by atoms with van der Waals surface area (Å²) in [5.41, 5.74) is 30.0.